The Balaban J connectivity index is 1.96. The summed E-state index contributed by atoms with van der Waals surface area (Å²) >= 11 is 0. The zero-order valence-electron chi connectivity index (χ0n) is 13.5. The highest BCUT2D eigenvalue weighted by Crippen LogP contribution is 2.35. The molecule has 6 nitrogen and oxygen atoms in total. The van der Waals surface area contributed by atoms with Gasteiger partial charge in [-0.05, 0) is 23.3 Å². The SMILES string of the molecule is CN(C)c1ccc(C2CC(c3ccccc3)=NN2S(=O)(=O)[O-])cc1. The van der Waals surface area contributed by atoms with Crippen molar-refractivity contribution in [3.05, 3.63) is 65.7 Å². The van der Waals surface area contributed by atoms with Crippen LogP contribution < -0.4 is 4.90 Å². The van der Waals surface area contributed by atoms with Gasteiger partial charge in [0.25, 0.3) is 0 Å². The minimum absolute atomic E-state index is 0.368. The standard InChI is InChI=1S/C17H19N3O3S/c1-19(2)15-10-8-14(9-11-15)17-12-16(13-6-4-3-5-7-13)18-20(17)24(21,22)23/h3-11,17H,12H2,1-2H3,(H,21,22,23)/p-1. The van der Waals surface area contributed by atoms with Gasteiger partial charge in [-0.2, -0.15) is 9.52 Å². The molecule has 7 heteroatoms. The van der Waals surface area contributed by atoms with Gasteiger partial charge < -0.3 is 9.45 Å². The minimum atomic E-state index is -4.68. The van der Waals surface area contributed by atoms with E-state index in [0.717, 1.165) is 16.8 Å². The Morgan fingerprint density at radius 2 is 1.71 bits per heavy atom. The highest BCUT2D eigenvalue weighted by molar-refractivity contribution is 7.83. The Bertz CT molecular complexity index is 846. The van der Waals surface area contributed by atoms with E-state index in [2.05, 4.69) is 5.10 Å². The highest BCUT2D eigenvalue weighted by Gasteiger charge is 2.32. The van der Waals surface area contributed by atoms with Crippen LogP contribution in [0.15, 0.2) is 59.7 Å². The summed E-state index contributed by atoms with van der Waals surface area (Å²) in [7, 11) is -0.829. The lowest BCUT2D eigenvalue weighted by molar-refractivity contribution is 0.314. The van der Waals surface area contributed by atoms with Gasteiger partial charge in [-0.1, -0.05) is 42.5 Å². The van der Waals surface area contributed by atoms with Crippen LogP contribution in [-0.4, -0.2) is 37.2 Å². The average Bonchev–Trinajstić information content (AvgIpc) is 3.01. The summed E-state index contributed by atoms with van der Waals surface area (Å²) in [6.07, 6.45) is 0.368. The van der Waals surface area contributed by atoms with E-state index in [1.807, 2.05) is 73.6 Å². The molecule has 1 unspecified atom stereocenters. The predicted octanol–water partition coefficient (Wildman–Crippen LogP) is 2.36. The zero-order chi connectivity index (χ0) is 17.3. The van der Waals surface area contributed by atoms with Gasteiger partial charge in [-0.15, -0.1) is 0 Å². The van der Waals surface area contributed by atoms with E-state index in [1.54, 1.807) is 0 Å². The monoisotopic (exact) mass is 344 g/mol. The van der Waals surface area contributed by atoms with E-state index in [4.69, 9.17) is 0 Å². The van der Waals surface area contributed by atoms with Crippen molar-refractivity contribution in [2.24, 2.45) is 5.10 Å². The van der Waals surface area contributed by atoms with Crippen LogP contribution in [0.25, 0.3) is 0 Å². The Kier molecular flexibility index (Phi) is 4.29. The largest absolute Gasteiger partial charge is 0.730 e. The fraction of sp³-hybridized carbons (Fsp3) is 0.235. The van der Waals surface area contributed by atoms with Crippen LogP contribution in [0, 0.1) is 0 Å². The van der Waals surface area contributed by atoms with E-state index >= 15 is 0 Å². The molecule has 0 radical (unpaired) electrons. The van der Waals surface area contributed by atoms with Crippen molar-refractivity contribution in [1.82, 2.24) is 4.41 Å². The minimum Gasteiger partial charge on any atom is -0.730 e. The molecule has 2 aromatic carbocycles. The Hall–Kier alpha value is -2.38. The third kappa shape index (κ3) is 3.27. The molecule has 3 rings (SSSR count). The van der Waals surface area contributed by atoms with E-state index in [1.165, 1.54) is 0 Å². The maximum atomic E-state index is 11.6. The van der Waals surface area contributed by atoms with Crippen molar-refractivity contribution >= 4 is 21.7 Å². The Labute approximate surface area is 141 Å². The van der Waals surface area contributed by atoms with Crippen molar-refractivity contribution in [2.45, 2.75) is 12.5 Å². The molecule has 0 N–H and O–H groups in total. The van der Waals surface area contributed by atoms with Gasteiger partial charge in [0, 0.05) is 26.2 Å². The lowest BCUT2D eigenvalue weighted by atomic mass is 9.99. The summed E-state index contributed by atoms with van der Waals surface area (Å²) < 4.78 is 35.6. The van der Waals surface area contributed by atoms with Gasteiger partial charge in [0.1, 0.15) is 0 Å². The third-order valence-electron chi connectivity index (χ3n) is 4.00. The molecular weight excluding hydrogens is 326 g/mol. The van der Waals surface area contributed by atoms with Crippen LogP contribution in [0.1, 0.15) is 23.6 Å². The van der Waals surface area contributed by atoms with E-state index in [-0.39, 0.29) is 0 Å². The van der Waals surface area contributed by atoms with Gasteiger partial charge in [0.2, 0.25) is 0 Å². The summed E-state index contributed by atoms with van der Waals surface area (Å²) in [5, 5.41) is 4.08. The Morgan fingerprint density at radius 3 is 2.25 bits per heavy atom. The van der Waals surface area contributed by atoms with Gasteiger partial charge in [0.05, 0.1) is 11.8 Å². The van der Waals surface area contributed by atoms with Crippen molar-refractivity contribution in [2.75, 3.05) is 19.0 Å². The quantitative estimate of drug-likeness (QED) is 0.798. The van der Waals surface area contributed by atoms with Crippen molar-refractivity contribution in [1.29, 1.82) is 0 Å². The number of nitrogens with zero attached hydrogens (tertiary/aromatic N) is 3. The first-order valence-electron chi connectivity index (χ1n) is 7.51. The van der Waals surface area contributed by atoms with Crippen LogP contribution >= 0.6 is 0 Å². The van der Waals surface area contributed by atoms with E-state index < -0.39 is 16.3 Å². The molecule has 1 aliphatic heterocycles. The first kappa shape index (κ1) is 16.5. The maximum Gasteiger partial charge on any atom is 0.200 e. The molecule has 0 aliphatic carbocycles. The average molecular weight is 344 g/mol. The molecule has 0 amide bonds. The van der Waals surface area contributed by atoms with Gasteiger partial charge in [-0.3, -0.25) is 0 Å². The highest BCUT2D eigenvalue weighted by atomic mass is 32.2. The molecule has 0 fully saturated rings. The lowest BCUT2D eigenvalue weighted by Crippen LogP contribution is -2.26. The maximum absolute atomic E-state index is 11.6. The van der Waals surface area contributed by atoms with Crippen LogP contribution in [0.4, 0.5) is 5.69 Å². The summed E-state index contributed by atoms with van der Waals surface area (Å²) in [5.41, 5.74) is 3.16. The Morgan fingerprint density at radius 1 is 1.08 bits per heavy atom. The molecule has 1 heterocycles. The number of benzene rings is 2. The number of anilines is 1. The number of rotatable bonds is 4. The van der Waals surface area contributed by atoms with Crippen molar-refractivity contribution in [3.63, 3.8) is 0 Å². The summed E-state index contributed by atoms with van der Waals surface area (Å²) in [5.74, 6) is 0. The lowest BCUT2D eigenvalue weighted by Gasteiger charge is -2.26. The number of hydrazone groups is 1. The summed E-state index contributed by atoms with van der Waals surface area (Å²) in [6.45, 7) is 0. The van der Waals surface area contributed by atoms with Crippen molar-refractivity contribution in [3.8, 4) is 0 Å². The molecule has 126 valence electrons. The molecule has 0 aromatic heterocycles. The molecule has 0 bridgehead atoms. The van der Waals surface area contributed by atoms with E-state index in [9.17, 15) is 13.0 Å². The third-order valence-corrected chi connectivity index (χ3v) is 4.80. The van der Waals surface area contributed by atoms with Crippen molar-refractivity contribution < 1.29 is 13.0 Å². The van der Waals surface area contributed by atoms with Gasteiger partial charge >= 0.3 is 0 Å². The summed E-state index contributed by atoms with van der Waals surface area (Å²) in [6, 6.07) is 16.1. The molecule has 1 aliphatic rings. The van der Waals surface area contributed by atoms with Crippen LogP contribution in [0.3, 0.4) is 0 Å². The fourth-order valence-electron chi connectivity index (χ4n) is 2.74. The first-order valence-corrected chi connectivity index (χ1v) is 8.88. The van der Waals surface area contributed by atoms with Gasteiger partial charge in [0.15, 0.2) is 10.3 Å². The normalized spacial score (nSPS) is 17.7. The van der Waals surface area contributed by atoms with Crippen LogP contribution in [0.5, 0.6) is 0 Å². The zero-order valence-corrected chi connectivity index (χ0v) is 14.3. The molecule has 24 heavy (non-hydrogen) atoms. The second-order valence-electron chi connectivity index (χ2n) is 5.85. The second kappa shape index (κ2) is 6.26. The first-order chi connectivity index (χ1) is 11.4. The van der Waals surface area contributed by atoms with Crippen LogP contribution in [0.2, 0.25) is 0 Å². The topological polar surface area (TPSA) is 76.0 Å². The molecule has 2 aromatic rings. The second-order valence-corrected chi connectivity index (χ2v) is 7.08. The predicted molar refractivity (Wildman–Crippen MR) is 92.6 cm³/mol. The number of hydrogen-bond acceptors (Lipinski definition) is 5. The number of hydrogen-bond donors (Lipinski definition) is 0. The fourth-order valence-corrected chi connectivity index (χ4v) is 3.45. The molecule has 0 saturated heterocycles. The smallest absolute Gasteiger partial charge is 0.200 e. The van der Waals surface area contributed by atoms with Gasteiger partial charge in [-0.25, -0.2) is 8.42 Å². The molecular formula is C17H18N3O3S-. The summed E-state index contributed by atoms with van der Waals surface area (Å²) in [4.78, 5) is 1.95. The van der Waals surface area contributed by atoms with E-state index in [0.29, 0.717) is 16.5 Å². The molecule has 0 spiro atoms. The molecule has 1 atom stereocenters. The molecule has 0 saturated carbocycles. The van der Waals surface area contributed by atoms with Crippen LogP contribution in [-0.2, 0) is 10.3 Å².